The number of piperidine rings is 1. The lowest BCUT2D eigenvalue weighted by molar-refractivity contribution is -0.118. The number of nitrogens with zero attached hydrogens (tertiary/aromatic N) is 1. The van der Waals surface area contributed by atoms with Crippen LogP contribution in [0.4, 0.5) is 5.00 Å². The van der Waals surface area contributed by atoms with E-state index in [1.807, 2.05) is 6.92 Å². The molecule has 1 aliphatic rings. The molecule has 22 heavy (non-hydrogen) atoms. The highest BCUT2D eigenvalue weighted by atomic mass is 32.1. The number of aryl methyl sites for hydroxylation is 1. The Hall–Kier alpha value is -1.40. The van der Waals surface area contributed by atoms with Crippen LogP contribution in [0.5, 0.6) is 0 Å². The monoisotopic (exact) mass is 324 g/mol. The maximum atomic E-state index is 12.3. The van der Waals surface area contributed by atoms with Crippen LogP contribution in [0.25, 0.3) is 0 Å². The first-order valence-electron chi connectivity index (χ1n) is 7.82. The third kappa shape index (κ3) is 4.30. The Morgan fingerprint density at radius 3 is 2.91 bits per heavy atom. The summed E-state index contributed by atoms with van der Waals surface area (Å²) >= 11 is 1.41. The van der Waals surface area contributed by atoms with Crippen LogP contribution in [0.2, 0.25) is 0 Å². The smallest absolute Gasteiger partial charge is 0.341 e. The van der Waals surface area contributed by atoms with Crippen molar-refractivity contribution < 1.29 is 14.3 Å². The predicted octanol–water partition coefficient (Wildman–Crippen LogP) is 3.05. The van der Waals surface area contributed by atoms with Crippen LogP contribution in [-0.4, -0.2) is 42.5 Å². The lowest BCUT2D eigenvalue weighted by Crippen LogP contribution is -2.42. The second-order valence-corrected chi connectivity index (χ2v) is 6.94. The Kier molecular flexibility index (Phi) is 5.97. The molecule has 0 radical (unpaired) electrons. The van der Waals surface area contributed by atoms with Crippen LogP contribution in [0.15, 0.2) is 6.07 Å². The number of hydrogen-bond acceptors (Lipinski definition) is 5. The molecular weight excluding hydrogens is 300 g/mol. The van der Waals surface area contributed by atoms with Gasteiger partial charge in [0.15, 0.2) is 0 Å². The van der Waals surface area contributed by atoms with E-state index in [9.17, 15) is 9.59 Å². The predicted molar refractivity (Wildman–Crippen MR) is 88.5 cm³/mol. The van der Waals surface area contributed by atoms with E-state index in [-0.39, 0.29) is 11.9 Å². The molecule has 1 amide bonds. The summed E-state index contributed by atoms with van der Waals surface area (Å²) in [7, 11) is 0. The number of ether oxygens (including phenoxy) is 1. The van der Waals surface area contributed by atoms with E-state index in [1.165, 1.54) is 17.8 Å². The molecule has 2 heterocycles. The van der Waals surface area contributed by atoms with E-state index in [1.54, 1.807) is 13.0 Å². The van der Waals surface area contributed by atoms with Gasteiger partial charge >= 0.3 is 5.97 Å². The highest BCUT2D eigenvalue weighted by Crippen LogP contribution is 2.28. The van der Waals surface area contributed by atoms with Crippen LogP contribution in [-0.2, 0) is 9.53 Å². The summed E-state index contributed by atoms with van der Waals surface area (Å²) < 4.78 is 5.04. The van der Waals surface area contributed by atoms with Gasteiger partial charge < -0.3 is 10.1 Å². The fraction of sp³-hybridized carbons (Fsp3) is 0.625. The van der Waals surface area contributed by atoms with Crippen molar-refractivity contribution in [2.75, 3.05) is 25.0 Å². The number of amides is 1. The summed E-state index contributed by atoms with van der Waals surface area (Å²) in [5.74, 6) is -0.449. The molecule has 1 aliphatic heterocycles. The molecule has 5 nitrogen and oxygen atoms in total. The number of carbonyl (C=O) groups excluding carboxylic acids is 2. The SMILES string of the molecule is CCOC(=O)c1cc(C)sc1NC(=O)CN1CCCCC1C. The molecular formula is C16H24N2O3S. The van der Waals surface area contributed by atoms with E-state index < -0.39 is 0 Å². The van der Waals surface area contributed by atoms with Crippen LogP contribution in [0, 0.1) is 6.92 Å². The van der Waals surface area contributed by atoms with Crippen molar-refractivity contribution in [3.8, 4) is 0 Å². The van der Waals surface area contributed by atoms with Crippen LogP contribution >= 0.6 is 11.3 Å². The zero-order valence-electron chi connectivity index (χ0n) is 13.5. The number of anilines is 1. The highest BCUT2D eigenvalue weighted by Gasteiger charge is 2.22. The number of carbonyl (C=O) groups is 2. The van der Waals surface area contributed by atoms with Crippen LogP contribution < -0.4 is 5.32 Å². The molecule has 1 aromatic rings. The number of thiophene rings is 1. The van der Waals surface area contributed by atoms with Gasteiger partial charge in [-0.15, -0.1) is 11.3 Å². The molecule has 2 rings (SSSR count). The summed E-state index contributed by atoms with van der Waals surface area (Å²) in [6.07, 6.45) is 3.51. The lowest BCUT2D eigenvalue weighted by atomic mass is 10.0. The van der Waals surface area contributed by atoms with Gasteiger partial charge in [-0.3, -0.25) is 9.69 Å². The zero-order chi connectivity index (χ0) is 16.1. The van der Waals surface area contributed by atoms with Crippen molar-refractivity contribution in [2.45, 2.75) is 46.1 Å². The fourth-order valence-corrected chi connectivity index (χ4v) is 3.63. The Balaban J connectivity index is 2.00. The molecule has 1 atom stereocenters. The average Bonchev–Trinajstić information content (AvgIpc) is 2.82. The largest absolute Gasteiger partial charge is 0.462 e. The summed E-state index contributed by atoms with van der Waals surface area (Å²) in [5, 5.41) is 3.46. The van der Waals surface area contributed by atoms with Crippen molar-refractivity contribution in [2.24, 2.45) is 0 Å². The van der Waals surface area contributed by atoms with Crippen molar-refractivity contribution in [1.82, 2.24) is 4.90 Å². The van der Waals surface area contributed by atoms with Gasteiger partial charge in [0.05, 0.1) is 18.7 Å². The molecule has 0 spiro atoms. The minimum absolute atomic E-state index is 0.0684. The molecule has 0 bridgehead atoms. The standard InChI is InChI=1S/C16H24N2O3S/c1-4-21-16(20)13-9-12(3)22-15(13)17-14(19)10-18-8-6-5-7-11(18)2/h9,11H,4-8,10H2,1-3H3,(H,17,19). The molecule has 1 fully saturated rings. The van der Waals surface area contributed by atoms with E-state index in [4.69, 9.17) is 4.74 Å². The quantitative estimate of drug-likeness (QED) is 0.846. The van der Waals surface area contributed by atoms with Crippen LogP contribution in [0.3, 0.4) is 0 Å². The first-order valence-corrected chi connectivity index (χ1v) is 8.64. The maximum Gasteiger partial charge on any atom is 0.341 e. The van der Waals surface area contributed by atoms with Gasteiger partial charge in [-0.25, -0.2) is 4.79 Å². The number of hydrogen-bond donors (Lipinski definition) is 1. The summed E-state index contributed by atoms with van der Waals surface area (Å²) in [6, 6.07) is 2.20. The first kappa shape index (κ1) is 17.0. The number of rotatable bonds is 5. The normalized spacial score (nSPS) is 19.0. The van der Waals surface area contributed by atoms with Gasteiger partial charge in [0.2, 0.25) is 5.91 Å². The topological polar surface area (TPSA) is 58.6 Å². The molecule has 0 aromatic carbocycles. The van der Waals surface area contributed by atoms with Crippen molar-refractivity contribution in [3.05, 3.63) is 16.5 Å². The minimum atomic E-state index is -0.381. The molecule has 0 aliphatic carbocycles. The molecule has 1 N–H and O–H groups in total. The van der Waals surface area contributed by atoms with Gasteiger partial charge in [-0.2, -0.15) is 0 Å². The lowest BCUT2D eigenvalue weighted by Gasteiger charge is -2.32. The first-order chi connectivity index (χ1) is 10.5. The summed E-state index contributed by atoms with van der Waals surface area (Å²) in [6.45, 7) is 7.50. The Bertz CT molecular complexity index is 541. The second kappa shape index (κ2) is 7.74. The zero-order valence-corrected chi connectivity index (χ0v) is 14.3. The highest BCUT2D eigenvalue weighted by molar-refractivity contribution is 7.16. The van der Waals surface area contributed by atoms with Crippen molar-refractivity contribution in [3.63, 3.8) is 0 Å². The molecule has 6 heteroatoms. The van der Waals surface area contributed by atoms with E-state index in [2.05, 4.69) is 17.1 Å². The van der Waals surface area contributed by atoms with Gasteiger partial charge in [0.25, 0.3) is 0 Å². The van der Waals surface area contributed by atoms with Gasteiger partial charge in [0, 0.05) is 10.9 Å². The Morgan fingerprint density at radius 2 is 2.23 bits per heavy atom. The molecule has 0 saturated carbocycles. The number of nitrogens with one attached hydrogen (secondary N) is 1. The molecule has 1 saturated heterocycles. The summed E-state index contributed by atoms with van der Waals surface area (Å²) in [4.78, 5) is 27.4. The van der Waals surface area contributed by atoms with E-state index in [0.29, 0.717) is 29.8 Å². The minimum Gasteiger partial charge on any atom is -0.462 e. The maximum absolute atomic E-state index is 12.3. The van der Waals surface area contributed by atoms with E-state index in [0.717, 1.165) is 24.3 Å². The Labute approximate surface area is 135 Å². The average molecular weight is 324 g/mol. The van der Waals surface area contributed by atoms with Gasteiger partial charge in [0.1, 0.15) is 5.00 Å². The van der Waals surface area contributed by atoms with Gasteiger partial charge in [-0.05, 0) is 46.2 Å². The molecule has 1 aromatic heterocycles. The van der Waals surface area contributed by atoms with Crippen LogP contribution in [0.1, 0.15) is 48.3 Å². The van der Waals surface area contributed by atoms with Gasteiger partial charge in [-0.1, -0.05) is 6.42 Å². The number of esters is 1. The van der Waals surface area contributed by atoms with Crippen molar-refractivity contribution >= 4 is 28.2 Å². The second-order valence-electron chi connectivity index (χ2n) is 5.68. The van der Waals surface area contributed by atoms with E-state index >= 15 is 0 Å². The fourth-order valence-electron chi connectivity index (χ4n) is 2.71. The molecule has 122 valence electrons. The third-order valence-electron chi connectivity index (χ3n) is 3.89. The third-order valence-corrected chi connectivity index (χ3v) is 4.86. The molecule has 1 unspecified atom stereocenters. The van der Waals surface area contributed by atoms with Crippen molar-refractivity contribution in [1.29, 1.82) is 0 Å². The number of likely N-dealkylation sites (tertiary alicyclic amines) is 1. The summed E-state index contributed by atoms with van der Waals surface area (Å²) in [5.41, 5.74) is 0.449. The Morgan fingerprint density at radius 1 is 1.45 bits per heavy atom.